The summed E-state index contributed by atoms with van der Waals surface area (Å²) >= 11 is 0. The van der Waals surface area contributed by atoms with E-state index < -0.39 is 24.1 Å². The summed E-state index contributed by atoms with van der Waals surface area (Å²) in [4.78, 5) is 12.0. The van der Waals surface area contributed by atoms with Crippen molar-refractivity contribution in [3.8, 4) is 0 Å². The van der Waals surface area contributed by atoms with Gasteiger partial charge in [-0.1, -0.05) is 6.92 Å². The largest absolute Gasteiger partial charge is 0.468 e. The molecule has 0 aromatic heterocycles. The Morgan fingerprint density at radius 3 is 2.45 bits per heavy atom. The highest BCUT2D eigenvalue weighted by Gasteiger charge is 2.51. The summed E-state index contributed by atoms with van der Waals surface area (Å²) in [6.07, 6.45) is -3.34. The third-order valence-corrected chi connectivity index (χ3v) is 3.39. The summed E-state index contributed by atoms with van der Waals surface area (Å²) < 4.78 is 46.2. The lowest BCUT2D eigenvalue weighted by molar-refractivity contribution is -0.154. The molecule has 1 unspecified atom stereocenters. The predicted octanol–water partition coefficient (Wildman–Crippen LogP) is 2.28. The summed E-state index contributed by atoms with van der Waals surface area (Å²) in [5, 5.41) is 3.09. The first kappa shape index (κ1) is 17.2. The molecule has 4 nitrogen and oxygen atoms in total. The predicted molar refractivity (Wildman–Crippen MR) is 67.3 cm³/mol. The molecule has 0 spiro atoms. The Morgan fingerprint density at radius 2 is 2.00 bits per heavy atom. The Bertz CT molecular complexity index is 318. The average molecular weight is 297 g/mol. The van der Waals surface area contributed by atoms with Gasteiger partial charge in [-0.05, 0) is 31.7 Å². The van der Waals surface area contributed by atoms with Crippen LogP contribution in [0.15, 0.2) is 0 Å². The Hall–Kier alpha value is -0.820. The molecular formula is C13H22F3NO3. The maximum absolute atomic E-state index is 12.0. The molecule has 0 saturated heterocycles. The van der Waals surface area contributed by atoms with Crippen molar-refractivity contribution in [3.05, 3.63) is 0 Å². The molecule has 0 aromatic carbocycles. The van der Waals surface area contributed by atoms with Gasteiger partial charge in [0.2, 0.25) is 0 Å². The van der Waals surface area contributed by atoms with Gasteiger partial charge in [-0.3, -0.25) is 5.32 Å². The second kappa shape index (κ2) is 7.26. The molecule has 0 heterocycles. The first-order chi connectivity index (χ1) is 9.35. The number of hydrogen-bond acceptors (Lipinski definition) is 4. The summed E-state index contributed by atoms with van der Waals surface area (Å²) in [6, 6.07) is 0. The van der Waals surface area contributed by atoms with Crippen molar-refractivity contribution in [1.29, 1.82) is 0 Å². The Labute approximate surface area is 117 Å². The van der Waals surface area contributed by atoms with Crippen molar-refractivity contribution < 1.29 is 27.4 Å². The molecule has 1 N–H and O–H groups in total. The molecule has 1 fully saturated rings. The molecular weight excluding hydrogens is 275 g/mol. The number of rotatable bonds is 9. The van der Waals surface area contributed by atoms with Gasteiger partial charge in [-0.2, -0.15) is 13.2 Å². The zero-order chi connectivity index (χ0) is 15.2. The number of nitrogens with one attached hydrogen (secondary N) is 1. The van der Waals surface area contributed by atoms with Gasteiger partial charge in [0.1, 0.15) is 5.54 Å². The molecule has 1 aliphatic rings. The van der Waals surface area contributed by atoms with Crippen molar-refractivity contribution >= 4 is 5.97 Å². The summed E-state index contributed by atoms with van der Waals surface area (Å²) in [5.74, 6) is -0.268. The molecule has 7 heteroatoms. The zero-order valence-corrected chi connectivity index (χ0v) is 11.9. The first-order valence-electron chi connectivity index (χ1n) is 6.83. The van der Waals surface area contributed by atoms with E-state index in [9.17, 15) is 18.0 Å². The fourth-order valence-corrected chi connectivity index (χ4v) is 2.29. The molecule has 0 aliphatic heterocycles. The molecule has 1 saturated carbocycles. The fraction of sp³-hybridized carbons (Fsp3) is 0.923. The van der Waals surface area contributed by atoms with E-state index in [1.54, 1.807) is 0 Å². The molecule has 0 radical (unpaired) electrons. The summed E-state index contributed by atoms with van der Waals surface area (Å²) in [5.41, 5.74) is -0.915. The van der Waals surface area contributed by atoms with Crippen molar-refractivity contribution in [1.82, 2.24) is 5.32 Å². The molecule has 0 aromatic rings. The minimum absolute atomic E-state index is 0.0175. The number of carbonyl (C=O) groups is 1. The van der Waals surface area contributed by atoms with Crippen LogP contribution < -0.4 is 5.32 Å². The van der Waals surface area contributed by atoms with Crippen molar-refractivity contribution in [2.75, 3.05) is 26.9 Å². The van der Waals surface area contributed by atoms with Crippen LogP contribution in [0.5, 0.6) is 0 Å². The first-order valence-corrected chi connectivity index (χ1v) is 6.83. The Balaban J connectivity index is 2.46. The van der Waals surface area contributed by atoms with Crippen LogP contribution >= 0.6 is 0 Å². The van der Waals surface area contributed by atoms with E-state index in [0.29, 0.717) is 6.54 Å². The lowest BCUT2D eigenvalue weighted by atomic mass is 9.94. The third-order valence-electron chi connectivity index (χ3n) is 3.39. The van der Waals surface area contributed by atoms with Gasteiger partial charge in [-0.15, -0.1) is 0 Å². The molecule has 118 valence electrons. The van der Waals surface area contributed by atoms with Crippen LogP contribution in [-0.4, -0.2) is 44.6 Å². The third kappa shape index (κ3) is 4.94. The molecule has 0 amide bonds. The monoisotopic (exact) mass is 297 g/mol. The topological polar surface area (TPSA) is 47.6 Å². The maximum Gasteiger partial charge on any atom is 0.389 e. The van der Waals surface area contributed by atoms with Crippen LogP contribution in [0.4, 0.5) is 13.2 Å². The minimum Gasteiger partial charge on any atom is -0.468 e. The van der Waals surface area contributed by atoms with Crippen LogP contribution in [0.1, 0.15) is 32.6 Å². The second-order valence-electron chi connectivity index (χ2n) is 5.04. The van der Waals surface area contributed by atoms with E-state index in [1.807, 2.05) is 6.92 Å². The van der Waals surface area contributed by atoms with E-state index >= 15 is 0 Å². The molecule has 1 aliphatic carbocycles. The van der Waals surface area contributed by atoms with Gasteiger partial charge >= 0.3 is 12.1 Å². The smallest absolute Gasteiger partial charge is 0.389 e. The Morgan fingerprint density at radius 1 is 1.35 bits per heavy atom. The fourth-order valence-electron chi connectivity index (χ4n) is 2.29. The van der Waals surface area contributed by atoms with Crippen molar-refractivity contribution in [2.24, 2.45) is 5.92 Å². The quantitative estimate of drug-likeness (QED) is 0.524. The zero-order valence-electron chi connectivity index (χ0n) is 11.9. The van der Waals surface area contributed by atoms with E-state index in [2.05, 4.69) is 5.32 Å². The number of hydrogen-bond donors (Lipinski definition) is 1. The lowest BCUT2D eigenvalue weighted by Crippen LogP contribution is -2.58. The van der Waals surface area contributed by atoms with Crippen LogP contribution in [0.3, 0.4) is 0 Å². The van der Waals surface area contributed by atoms with Gasteiger partial charge in [0, 0.05) is 13.0 Å². The highest BCUT2D eigenvalue weighted by Crippen LogP contribution is 2.40. The highest BCUT2D eigenvalue weighted by molar-refractivity contribution is 5.82. The second-order valence-corrected chi connectivity index (χ2v) is 5.04. The van der Waals surface area contributed by atoms with Gasteiger partial charge in [-0.25, -0.2) is 4.79 Å². The molecule has 1 rings (SSSR count). The normalized spacial score (nSPS) is 18.6. The molecule has 1 atom stereocenters. The van der Waals surface area contributed by atoms with E-state index in [1.165, 1.54) is 7.11 Å². The Kier molecular flexibility index (Phi) is 6.26. The lowest BCUT2D eigenvalue weighted by Gasteiger charge is -2.31. The van der Waals surface area contributed by atoms with E-state index in [4.69, 9.17) is 9.47 Å². The van der Waals surface area contributed by atoms with Crippen molar-refractivity contribution in [3.63, 3.8) is 0 Å². The van der Waals surface area contributed by atoms with Gasteiger partial charge in [0.05, 0.1) is 13.7 Å². The number of esters is 1. The summed E-state index contributed by atoms with van der Waals surface area (Å²) in [7, 11) is 1.31. The van der Waals surface area contributed by atoms with Crippen molar-refractivity contribution in [2.45, 2.75) is 44.3 Å². The van der Waals surface area contributed by atoms with Crippen LogP contribution in [0, 0.1) is 5.92 Å². The number of alkyl halides is 3. The van der Waals surface area contributed by atoms with E-state index in [0.717, 1.165) is 12.8 Å². The summed E-state index contributed by atoms with van der Waals surface area (Å²) in [6.45, 7) is 2.47. The number of halogens is 3. The number of ether oxygens (including phenoxy) is 2. The minimum atomic E-state index is -4.17. The van der Waals surface area contributed by atoms with Crippen LogP contribution in [0.25, 0.3) is 0 Å². The number of methoxy groups -OCH3 is 1. The maximum atomic E-state index is 12.0. The van der Waals surface area contributed by atoms with Gasteiger partial charge in [0.15, 0.2) is 0 Å². The molecule has 0 bridgehead atoms. The van der Waals surface area contributed by atoms with Gasteiger partial charge in [0.25, 0.3) is 0 Å². The standard InChI is InChI=1S/C13H22F3NO3/c1-3-17-12(10-5-6-10,11(18)19-2)9-20-8-4-7-13(14,15)16/h10,17H,3-9H2,1-2H3. The van der Waals surface area contributed by atoms with E-state index in [-0.39, 0.29) is 25.6 Å². The highest BCUT2D eigenvalue weighted by atomic mass is 19.4. The molecule has 20 heavy (non-hydrogen) atoms. The van der Waals surface area contributed by atoms with Crippen LogP contribution in [0.2, 0.25) is 0 Å². The number of carbonyl (C=O) groups excluding carboxylic acids is 1. The van der Waals surface area contributed by atoms with Gasteiger partial charge < -0.3 is 9.47 Å². The SMILES string of the molecule is CCNC(COCCCC(F)(F)F)(C(=O)OC)C1CC1. The van der Waals surface area contributed by atoms with Crippen LogP contribution in [-0.2, 0) is 14.3 Å². The average Bonchev–Trinajstić information content (AvgIpc) is 3.19. The number of likely N-dealkylation sites (N-methyl/N-ethyl adjacent to an activating group) is 1.